The summed E-state index contributed by atoms with van der Waals surface area (Å²) in [5.41, 5.74) is 6.11. The van der Waals surface area contributed by atoms with Gasteiger partial charge in [0.2, 0.25) is 11.7 Å². The van der Waals surface area contributed by atoms with Crippen molar-refractivity contribution in [2.24, 2.45) is 5.73 Å². The van der Waals surface area contributed by atoms with Gasteiger partial charge in [0.1, 0.15) is 0 Å². The Labute approximate surface area is 104 Å². The fourth-order valence-corrected chi connectivity index (χ4v) is 3.01. The summed E-state index contributed by atoms with van der Waals surface area (Å²) in [4.78, 5) is 5.53. The Balaban J connectivity index is 1.84. The molecule has 1 aliphatic carbocycles. The third kappa shape index (κ3) is 2.12. The van der Waals surface area contributed by atoms with Crippen LogP contribution in [0.4, 0.5) is 0 Å². The lowest BCUT2D eigenvalue weighted by molar-refractivity contribution is 0.290. The predicted octanol–water partition coefficient (Wildman–Crippen LogP) is 2.78. The number of aromatic nitrogens is 2. The van der Waals surface area contributed by atoms with E-state index in [2.05, 4.69) is 10.1 Å². The highest BCUT2D eigenvalue weighted by Crippen LogP contribution is 2.32. The summed E-state index contributed by atoms with van der Waals surface area (Å²) in [6, 6.07) is 4.16. The molecule has 4 nitrogen and oxygen atoms in total. The minimum absolute atomic E-state index is 0.167. The van der Waals surface area contributed by atoms with E-state index in [0.29, 0.717) is 11.7 Å². The highest BCUT2D eigenvalue weighted by atomic mass is 32.1. The van der Waals surface area contributed by atoms with E-state index in [-0.39, 0.29) is 12.0 Å². The molecule has 2 atom stereocenters. The number of hydrogen-bond donors (Lipinski definition) is 1. The largest absolute Gasteiger partial charge is 0.339 e. The normalized spacial score (nSPS) is 25.0. The third-order valence-electron chi connectivity index (χ3n) is 3.32. The maximum Gasteiger partial charge on any atom is 0.231 e. The maximum absolute atomic E-state index is 6.11. The number of hydrogen-bond acceptors (Lipinski definition) is 5. The summed E-state index contributed by atoms with van der Waals surface area (Å²) in [6.45, 7) is 0. The molecule has 0 aromatic carbocycles. The first-order valence-corrected chi connectivity index (χ1v) is 6.85. The molecule has 2 aromatic heterocycles. The van der Waals surface area contributed by atoms with E-state index in [0.717, 1.165) is 17.7 Å². The van der Waals surface area contributed by atoms with Crippen LogP contribution in [0, 0.1) is 0 Å². The Morgan fingerprint density at radius 2 is 2.24 bits per heavy atom. The second kappa shape index (κ2) is 4.58. The van der Waals surface area contributed by atoms with Crippen molar-refractivity contribution in [1.82, 2.24) is 10.1 Å². The van der Waals surface area contributed by atoms with Gasteiger partial charge >= 0.3 is 0 Å². The predicted molar refractivity (Wildman–Crippen MR) is 66.8 cm³/mol. The molecule has 2 heterocycles. The van der Waals surface area contributed by atoms with Crippen LogP contribution in [0.1, 0.15) is 37.5 Å². The van der Waals surface area contributed by atoms with E-state index >= 15 is 0 Å². The average Bonchev–Trinajstić information content (AvgIpc) is 3.00. The molecule has 0 aliphatic heterocycles. The Morgan fingerprint density at radius 1 is 1.35 bits per heavy atom. The molecule has 2 aromatic rings. The van der Waals surface area contributed by atoms with Crippen LogP contribution >= 0.6 is 11.3 Å². The molecule has 1 aliphatic rings. The summed E-state index contributed by atoms with van der Waals surface area (Å²) in [5.74, 6) is 1.64. The number of rotatable bonds is 2. The highest BCUT2D eigenvalue weighted by Gasteiger charge is 2.28. The van der Waals surface area contributed by atoms with Crippen molar-refractivity contribution in [2.45, 2.75) is 37.6 Å². The van der Waals surface area contributed by atoms with Gasteiger partial charge in [-0.2, -0.15) is 4.98 Å². The SMILES string of the molecule is N[C@H]1CCCC[C@H]1c1nc(-c2cccs2)no1. The molecular weight excluding hydrogens is 234 g/mol. The van der Waals surface area contributed by atoms with E-state index < -0.39 is 0 Å². The topological polar surface area (TPSA) is 64.9 Å². The molecule has 0 saturated heterocycles. The number of thiophene rings is 1. The van der Waals surface area contributed by atoms with Crippen LogP contribution in [-0.2, 0) is 0 Å². The second-order valence-corrected chi connectivity index (χ2v) is 5.44. The van der Waals surface area contributed by atoms with Crippen molar-refractivity contribution in [2.75, 3.05) is 0 Å². The smallest absolute Gasteiger partial charge is 0.231 e. The van der Waals surface area contributed by atoms with E-state index in [9.17, 15) is 0 Å². The van der Waals surface area contributed by atoms with Gasteiger partial charge in [0.25, 0.3) is 0 Å². The van der Waals surface area contributed by atoms with E-state index in [1.165, 1.54) is 12.8 Å². The summed E-state index contributed by atoms with van der Waals surface area (Å²) in [7, 11) is 0. The monoisotopic (exact) mass is 249 g/mol. The Bertz CT molecular complexity index is 480. The van der Waals surface area contributed by atoms with E-state index in [1.54, 1.807) is 11.3 Å². The zero-order valence-electron chi connectivity index (χ0n) is 9.50. The van der Waals surface area contributed by atoms with Crippen LogP contribution in [0.15, 0.2) is 22.0 Å². The second-order valence-electron chi connectivity index (χ2n) is 4.49. The molecule has 90 valence electrons. The van der Waals surface area contributed by atoms with Crippen LogP contribution in [0.2, 0.25) is 0 Å². The van der Waals surface area contributed by atoms with Gasteiger partial charge in [-0.1, -0.05) is 24.1 Å². The van der Waals surface area contributed by atoms with Crippen molar-refractivity contribution in [3.05, 3.63) is 23.4 Å². The van der Waals surface area contributed by atoms with Crippen LogP contribution in [0.3, 0.4) is 0 Å². The lowest BCUT2D eigenvalue weighted by Gasteiger charge is -2.25. The molecule has 0 radical (unpaired) electrons. The minimum atomic E-state index is 0.167. The molecular formula is C12H15N3OS. The van der Waals surface area contributed by atoms with Crippen molar-refractivity contribution in [3.63, 3.8) is 0 Å². The first-order chi connectivity index (χ1) is 8.34. The lowest BCUT2D eigenvalue weighted by atomic mass is 9.85. The van der Waals surface area contributed by atoms with Crippen LogP contribution in [0.5, 0.6) is 0 Å². The van der Waals surface area contributed by atoms with Crippen molar-refractivity contribution in [3.8, 4) is 10.7 Å². The van der Waals surface area contributed by atoms with Gasteiger partial charge in [0.15, 0.2) is 0 Å². The molecule has 17 heavy (non-hydrogen) atoms. The summed E-state index contributed by atoms with van der Waals surface area (Å²) < 4.78 is 5.36. The molecule has 2 N–H and O–H groups in total. The van der Waals surface area contributed by atoms with E-state index in [4.69, 9.17) is 10.3 Å². The van der Waals surface area contributed by atoms with Gasteiger partial charge in [-0.3, -0.25) is 0 Å². The van der Waals surface area contributed by atoms with Gasteiger partial charge < -0.3 is 10.3 Å². The fraction of sp³-hybridized carbons (Fsp3) is 0.500. The molecule has 5 heteroatoms. The molecule has 1 saturated carbocycles. The first-order valence-electron chi connectivity index (χ1n) is 5.97. The molecule has 0 spiro atoms. The van der Waals surface area contributed by atoms with Gasteiger partial charge in [0, 0.05) is 6.04 Å². The average molecular weight is 249 g/mol. The molecule has 0 amide bonds. The van der Waals surface area contributed by atoms with Crippen LogP contribution in [0.25, 0.3) is 10.7 Å². The van der Waals surface area contributed by atoms with Gasteiger partial charge in [0.05, 0.1) is 10.8 Å². The summed E-state index contributed by atoms with van der Waals surface area (Å²) in [5, 5.41) is 6.05. The summed E-state index contributed by atoms with van der Waals surface area (Å²) in [6.07, 6.45) is 4.54. The number of nitrogens with zero attached hydrogens (tertiary/aromatic N) is 2. The highest BCUT2D eigenvalue weighted by molar-refractivity contribution is 7.13. The lowest BCUT2D eigenvalue weighted by Crippen LogP contribution is -2.31. The third-order valence-corrected chi connectivity index (χ3v) is 4.19. The Kier molecular flexibility index (Phi) is 2.94. The van der Waals surface area contributed by atoms with Crippen molar-refractivity contribution in [1.29, 1.82) is 0 Å². The summed E-state index contributed by atoms with van der Waals surface area (Å²) >= 11 is 1.62. The standard InChI is InChI=1S/C12H15N3OS/c13-9-5-2-1-4-8(9)12-14-11(15-16-12)10-6-3-7-17-10/h3,6-9H,1-2,4-5,13H2/t8-,9+/m1/s1. The van der Waals surface area contributed by atoms with Crippen molar-refractivity contribution < 1.29 is 4.52 Å². The minimum Gasteiger partial charge on any atom is -0.339 e. The Morgan fingerprint density at radius 3 is 3.00 bits per heavy atom. The fourth-order valence-electron chi connectivity index (χ4n) is 2.36. The van der Waals surface area contributed by atoms with Crippen molar-refractivity contribution >= 4 is 11.3 Å². The van der Waals surface area contributed by atoms with Gasteiger partial charge in [-0.25, -0.2) is 0 Å². The molecule has 0 unspecified atom stereocenters. The van der Waals surface area contributed by atoms with Crippen LogP contribution < -0.4 is 5.73 Å². The zero-order chi connectivity index (χ0) is 11.7. The first kappa shape index (κ1) is 10.9. The Hall–Kier alpha value is -1.20. The van der Waals surface area contributed by atoms with E-state index in [1.807, 2.05) is 17.5 Å². The molecule has 0 bridgehead atoms. The maximum atomic E-state index is 6.11. The molecule has 1 fully saturated rings. The van der Waals surface area contributed by atoms with Gasteiger partial charge in [-0.15, -0.1) is 11.3 Å². The quantitative estimate of drug-likeness (QED) is 0.888. The zero-order valence-corrected chi connectivity index (χ0v) is 10.3. The van der Waals surface area contributed by atoms with Gasteiger partial charge in [-0.05, 0) is 24.3 Å². The molecule has 3 rings (SSSR count). The number of nitrogens with two attached hydrogens (primary N) is 1. The van der Waals surface area contributed by atoms with Crippen LogP contribution in [-0.4, -0.2) is 16.2 Å².